The molecule has 1 fully saturated rings. The summed E-state index contributed by atoms with van der Waals surface area (Å²) in [5, 5.41) is 12.5. The molecule has 0 spiro atoms. The van der Waals surface area contributed by atoms with Crippen molar-refractivity contribution < 1.29 is 22.7 Å². The maximum absolute atomic E-state index is 12.5. The fourth-order valence-corrected chi connectivity index (χ4v) is 3.01. The topological polar surface area (TPSA) is 96.0 Å². The standard InChI is InChI=1S/C19H17F3N6O2/c1-24-30-18(26-11-14-5-3-9-28(14)12-23)16-7-8-25-17(27-16)13-4-2-6-15(10-13)29-19(20,21)22/h2,4,6-8,10,14H,1,3,5,9,11H2. The molecule has 2 aromatic rings. The first-order valence-corrected chi connectivity index (χ1v) is 8.93. The summed E-state index contributed by atoms with van der Waals surface area (Å²) >= 11 is 0. The van der Waals surface area contributed by atoms with Gasteiger partial charge >= 0.3 is 6.36 Å². The van der Waals surface area contributed by atoms with E-state index in [9.17, 15) is 13.2 Å². The molecule has 8 nitrogen and oxygen atoms in total. The van der Waals surface area contributed by atoms with E-state index in [-0.39, 0.29) is 29.2 Å². The molecular formula is C19H17F3N6O2. The molecule has 30 heavy (non-hydrogen) atoms. The number of nitrogens with zero attached hydrogens (tertiary/aromatic N) is 6. The number of alkyl halides is 3. The summed E-state index contributed by atoms with van der Waals surface area (Å²) in [6, 6.07) is 6.80. The maximum atomic E-state index is 12.5. The van der Waals surface area contributed by atoms with Gasteiger partial charge in [-0.25, -0.2) is 15.0 Å². The average Bonchev–Trinajstić information content (AvgIpc) is 3.18. The molecule has 0 radical (unpaired) electrons. The van der Waals surface area contributed by atoms with Crippen LogP contribution >= 0.6 is 0 Å². The lowest BCUT2D eigenvalue weighted by Crippen LogP contribution is -2.27. The third-order valence-electron chi connectivity index (χ3n) is 4.30. The molecule has 0 amide bonds. The Labute approximate surface area is 170 Å². The van der Waals surface area contributed by atoms with Gasteiger partial charge in [0.05, 0.1) is 12.6 Å². The molecule has 156 valence electrons. The lowest BCUT2D eigenvalue weighted by atomic mass is 10.2. The molecule has 1 atom stereocenters. The lowest BCUT2D eigenvalue weighted by molar-refractivity contribution is -0.274. The predicted molar refractivity (Wildman–Crippen MR) is 102 cm³/mol. The highest BCUT2D eigenvalue weighted by Gasteiger charge is 2.31. The zero-order valence-electron chi connectivity index (χ0n) is 15.7. The molecule has 1 unspecified atom stereocenters. The van der Waals surface area contributed by atoms with Gasteiger partial charge in [-0.2, -0.15) is 5.26 Å². The number of hydrogen-bond donors (Lipinski definition) is 0. The highest BCUT2D eigenvalue weighted by molar-refractivity contribution is 5.92. The molecule has 1 aromatic carbocycles. The molecule has 1 aliphatic heterocycles. The highest BCUT2D eigenvalue weighted by Crippen LogP contribution is 2.26. The number of oxime groups is 1. The fourth-order valence-electron chi connectivity index (χ4n) is 3.01. The monoisotopic (exact) mass is 418 g/mol. The van der Waals surface area contributed by atoms with E-state index in [1.165, 1.54) is 30.5 Å². The zero-order chi connectivity index (χ0) is 21.6. The summed E-state index contributed by atoms with van der Waals surface area (Å²) in [4.78, 5) is 19.6. The largest absolute Gasteiger partial charge is 0.573 e. The van der Waals surface area contributed by atoms with Crippen molar-refractivity contribution in [3.05, 3.63) is 42.2 Å². The van der Waals surface area contributed by atoms with Gasteiger partial charge in [0.2, 0.25) is 0 Å². The Kier molecular flexibility index (Phi) is 6.46. The van der Waals surface area contributed by atoms with Crippen LogP contribution < -0.4 is 4.74 Å². The van der Waals surface area contributed by atoms with Crippen molar-refractivity contribution in [3.8, 4) is 23.3 Å². The summed E-state index contributed by atoms with van der Waals surface area (Å²) in [7, 11) is 0. The van der Waals surface area contributed by atoms with Gasteiger partial charge in [-0.05, 0) is 31.0 Å². The van der Waals surface area contributed by atoms with E-state index in [1.54, 1.807) is 11.0 Å². The second kappa shape index (κ2) is 9.21. The number of hydrogen-bond acceptors (Lipinski definition) is 8. The number of likely N-dealkylation sites (tertiary alicyclic amines) is 1. The Bertz CT molecular complexity index is 973. The van der Waals surface area contributed by atoms with Crippen LogP contribution in [0, 0.1) is 11.5 Å². The van der Waals surface area contributed by atoms with Gasteiger partial charge in [-0.15, -0.1) is 13.2 Å². The van der Waals surface area contributed by atoms with E-state index >= 15 is 0 Å². The Morgan fingerprint density at radius 2 is 2.20 bits per heavy atom. The molecule has 11 heteroatoms. The van der Waals surface area contributed by atoms with Crippen LogP contribution in [0.25, 0.3) is 11.4 Å². The van der Waals surface area contributed by atoms with Crippen molar-refractivity contribution >= 4 is 12.6 Å². The Balaban J connectivity index is 1.85. The van der Waals surface area contributed by atoms with Crippen molar-refractivity contribution in [3.63, 3.8) is 0 Å². The quantitative estimate of drug-likeness (QED) is 0.309. The van der Waals surface area contributed by atoms with Gasteiger partial charge < -0.3 is 14.5 Å². The van der Waals surface area contributed by atoms with Gasteiger partial charge in [0.1, 0.15) is 11.4 Å². The molecule has 0 N–H and O–H groups in total. The Morgan fingerprint density at radius 1 is 1.37 bits per heavy atom. The van der Waals surface area contributed by atoms with Gasteiger partial charge in [0, 0.05) is 25.0 Å². The van der Waals surface area contributed by atoms with Crippen LogP contribution in [0.2, 0.25) is 0 Å². The zero-order valence-corrected chi connectivity index (χ0v) is 15.7. The predicted octanol–water partition coefficient (Wildman–Crippen LogP) is 3.37. The second-order valence-corrected chi connectivity index (χ2v) is 6.30. The van der Waals surface area contributed by atoms with Crippen LogP contribution in [0.15, 0.2) is 46.7 Å². The number of rotatable bonds is 6. The molecule has 0 bridgehead atoms. The molecule has 1 aliphatic rings. The minimum absolute atomic E-state index is 0.0454. The van der Waals surface area contributed by atoms with Gasteiger partial charge in [0.25, 0.3) is 5.90 Å². The van der Waals surface area contributed by atoms with E-state index in [0.29, 0.717) is 18.7 Å². The van der Waals surface area contributed by atoms with Crippen LogP contribution in [0.1, 0.15) is 18.5 Å². The number of aromatic nitrogens is 2. The summed E-state index contributed by atoms with van der Waals surface area (Å²) in [5.74, 6) is -0.161. The van der Waals surface area contributed by atoms with E-state index in [1.807, 2.05) is 0 Å². The number of benzene rings is 1. The molecule has 2 heterocycles. The number of aliphatic imine (C=N–C) groups is 1. The maximum Gasteiger partial charge on any atom is 0.573 e. The summed E-state index contributed by atoms with van der Waals surface area (Å²) < 4.78 is 41.4. The van der Waals surface area contributed by atoms with Crippen molar-refractivity contribution in [2.24, 2.45) is 10.1 Å². The minimum atomic E-state index is -4.80. The highest BCUT2D eigenvalue weighted by atomic mass is 19.4. The minimum Gasteiger partial charge on any atom is -0.406 e. The van der Waals surface area contributed by atoms with Crippen LogP contribution in [-0.2, 0) is 4.84 Å². The average molecular weight is 418 g/mol. The van der Waals surface area contributed by atoms with Crippen molar-refractivity contribution in [1.29, 1.82) is 5.26 Å². The molecular weight excluding hydrogens is 401 g/mol. The first-order chi connectivity index (χ1) is 14.4. The molecule has 1 aromatic heterocycles. The third-order valence-corrected chi connectivity index (χ3v) is 4.30. The SMILES string of the molecule is C=NOC(=NCC1CCCN1C#N)c1ccnc(-c2cccc(OC(F)(F)F)c2)n1. The third kappa shape index (κ3) is 5.44. The van der Waals surface area contributed by atoms with Crippen molar-refractivity contribution in [2.45, 2.75) is 25.2 Å². The molecule has 1 saturated heterocycles. The summed E-state index contributed by atoms with van der Waals surface area (Å²) in [6.45, 7) is 4.26. The molecule has 0 saturated carbocycles. The van der Waals surface area contributed by atoms with E-state index < -0.39 is 6.36 Å². The Hall–Kier alpha value is -3.68. The van der Waals surface area contributed by atoms with E-state index in [4.69, 9.17) is 10.1 Å². The van der Waals surface area contributed by atoms with Crippen LogP contribution in [0.4, 0.5) is 13.2 Å². The Morgan fingerprint density at radius 3 is 2.93 bits per heavy atom. The summed E-state index contributed by atoms with van der Waals surface area (Å²) in [6.07, 6.45) is 0.479. The lowest BCUT2D eigenvalue weighted by Gasteiger charge is -2.16. The number of halogens is 3. The van der Waals surface area contributed by atoms with Crippen LogP contribution in [-0.4, -0.2) is 53.0 Å². The van der Waals surface area contributed by atoms with Crippen LogP contribution in [0.5, 0.6) is 5.75 Å². The van der Waals surface area contributed by atoms with E-state index in [2.05, 4.69) is 37.8 Å². The second-order valence-electron chi connectivity index (χ2n) is 6.30. The van der Waals surface area contributed by atoms with E-state index in [0.717, 1.165) is 12.8 Å². The molecule has 0 aliphatic carbocycles. The first-order valence-electron chi connectivity index (χ1n) is 8.93. The fraction of sp³-hybridized carbons (Fsp3) is 0.316. The van der Waals surface area contributed by atoms with Crippen molar-refractivity contribution in [1.82, 2.24) is 14.9 Å². The van der Waals surface area contributed by atoms with Gasteiger partial charge in [-0.3, -0.25) is 0 Å². The number of nitriles is 1. The van der Waals surface area contributed by atoms with Crippen LogP contribution in [0.3, 0.4) is 0 Å². The number of ether oxygens (including phenoxy) is 1. The smallest absolute Gasteiger partial charge is 0.406 e. The van der Waals surface area contributed by atoms with Gasteiger partial charge in [0.15, 0.2) is 12.0 Å². The normalized spacial score (nSPS) is 16.8. The molecule has 3 rings (SSSR count). The van der Waals surface area contributed by atoms with Gasteiger partial charge in [-0.1, -0.05) is 17.3 Å². The van der Waals surface area contributed by atoms with Crippen molar-refractivity contribution in [2.75, 3.05) is 13.1 Å². The summed E-state index contributed by atoms with van der Waals surface area (Å²) in [5.41, 5.74) is 0.590. The first kappa shape index (κ1) is 21.0.